The van der Waals surface area contributed by atoms with Crippen LogP contribution in [0.1, 0.15) is 17.5 Å². The van der Waals surface area contributed by atoms with E-state index in [-0.39, 0.29) is 4.75 Å². The van der Waals surface area contributed by atoms with E-state index >= 15 is 0 Å². The van der Waals surface area contributed by atoms with E-state index in [1.54, 1.807) is 17.8 Å². The van der Waals surface area contributed by atoms with E-state index in [0.29, 0.717) is 12.3 Å². The van der Waals surface area contributed by atoms with Crippen molar-refractivity contribution in [2.45, 2.75) is 11.2 Å². The number of H-pyrrole nitrogens is 1. The van der Waals surface area contributed by atoms with Crippen LogP contribution in [-0.4, -0.2) is 32.5 Å². The van der Waals surface area contributed by atoms with Crippen LogP contribution in [0.25, 0.3) is 10.9 Å². The van der Waals surface area contributed by atoms with E-state index in [9.17, 15) is 8.42 Å². The van der Waals surface area contributed by atoms with Crippen LogP contribution in [0.2, 0.25) is 0 Å². The summed E-state index contributed by atoms with van der Waals surface area (Å²) in [5.74, 6) is 0.910. The maximum absolute atomic E-state index is 11.7. The third kappa shape index (κ3) is 2.75. The Kier molecular flexibility index (Phi) is 4.16. The Bertz CT molecular complexity index is 1080. The summed E-state index contributed by atoms with van der Waals surface area (Å²) in [4.78, 5) is 3.29. The predicted molar refractivity (Wildman–Crippen MR) is 108 cm³/mol. The van der Waals surface area contributed by atoms with Gasteiger partial charge >= 0.3 is 0 Å². The van der Waals surface area contributed by atoms with Crippen molar-refractivity contribution in [3.8, 4) is 5.75 Å². The molecule has 1 atom stereocenters. The summed E-state index contributed by atoms with van der Waals surface area (Å²) < 4.78 is 31.6. The lowest BCUT2D eigenvalue weighted by Crippen LogP contribution is -2.30. The average molecular weight is 389 g/mol. The number of hydrogen-bond donors (Lipinski definition) is 2. The van der Waals surface area contributed by atoms with Crippen LogP contribution < -0.4 is 9.46 Å². The van der Waals surface area contributed by atoms with Crippen molar-refractivity contribution < 1.29 is 13.2 Å². The van der Waals surface area contributed by atoms with Crippen molar-refractivity contribution in [3.63, 3.8) is 0 Å². The number of anilines is 1. The fourth-order valence-corrected chi connectivity index (χ4v) is 5.37. The predicted octanol–water partition coefficient (Wildman–Crippen LogP) is 3.93. The molecule has 1 unspecified atom stereocenters. The summed E-state index contributed by atoms with van der Waals surface area (Å²) in [6, 6.07) is 13.8. The molecule has 5 nitrogen and oxygen atoms in total. The second-order valence-corrected chi connectivity index (χ2v) is 9.28. The molecule has 0 saturated carbocycles. The first-order valence-electron chi connectivity index (χ1n) is 8.30. The second-order valence-electron chi connectivity index (χ2n) is 6.43. The van der Waals surface area contributed by atoms with Gasteiger partial charge in [0, 0.05) is 23.6 Å². The number of hydrogen-bond acceptors (Lipinski definition) is 4. The number of fused-ring (bicyclic) bond motifs is 2. The molecule has 3 aromatic rings. The Morgan fingerprint density at radius 1 is 1.15 bits per heavy atom. The Labute approximate surface area is 157 Å². The van der Waals surface area contributed by atoms with Gasteiger partial charge in [0.1, 0.15) is 5.75 Å². The quantitative estimate of drug-likeness (QED) is 0.710. The van der Waals surface area contributed by atoms with Gasteiger partial charge in [0.15, 0.2) is 0 Å². The van der Waals surface area contributed by atoms with E-state index < -0.39 is 10.0 Å². The van der Waals surface area contributed by atoms with Crippen LogP contribution in [0.4, 0.5) is 5.69 Å². The van der Waals surface area contributed by atoms with Gasteiger partial charge in [0.2, 0.25) is 10.0 Å². The first-order chi connectivity index (χ1) is 12.4. The van der Waals surface area contributed by atoms with Gasteiger partial charge in [-0.15, -0.1) is 11.8 Å². The SMILES string of the molecule is CSC1(c2c[nH]c3c(NS(C)(=O)=O)cccc23)CCOc2ccccc21. The van der Waals surface area contributed by atoms with E-state index in [2.05, 4.69) is 22.0 Å². The highest BCUT2D eigenvalue weighted by Crippen LogP contribution is 2.52. The molecule has 1 aliphatic heterocycles. The molecule has 2 N–H and O–H groups in total. The zero-order valence-corrected chi connectivity index (χ0v) is 16.2. The number of benzene rings is 2. The highest BCUT2D eigenvalue weighted by Gasteiger charge is 2.40. The molecule has 7 heteroatoms. The Morgan fingerprint density at radius 3 is 2.73 bits per heavy atom. The number of ether oxygens (including phenoxy) is 1. The standard InChI is InChI=1S/C19H20N2O3S2/c1-25-19(10-11-24-17-9-4-3-7-14(17)19)15-12-20-18-13(15)6-5-8-16(18)21-26(2,22)23/h3-9,12,20-21H,10-11H2,1-2H3. The molecular weight excluding hydrogens is 368 g/mol. The summed E-state index contributed by atoms with van der Waals surface area (Å²) in [7, 11) is -3.35. The molecule has 0 radical (unpaired) electrons. The number of aromatic amines is 1. The summed E-state index contributed by atoms with van der Waals surface area (Å²) in [6.45, 7) is 0.645. The Morgan fingerprint density at radius 2 is 1.96 bits per heavy atom. The van der Waals surface area contributed by atoms with Crippen molar-refractivity contribution >= 4 is 38.4 Å². The minimum absolute atomic E-state index is 0.239. The summed E-state index contributed by atoms with van der Waals surface area (Å²) in [6.07, 6.45) is 6.12. The monoisotopic (exact) mass is 388 g/mol. The van der Waals surface area contributed by atoms with Gasteiger partial charge in [0.25, 0.3) is 0 Å². The lowest BCUT2D eigenvalue weighted by Gasteiger charge is -2.37. The molecule has 1 aromatic heterocycles. The maximum Gasteiger partial charge on any atom is 0.229 e. The lowest BCUT2D eigenvalue weighted by atomic mass is 9.85. The molecule has 136 valence electrons. The van der Waals surface area contributed by atoms with E-state index in [4.69, 9.17) is 4.74 Å². The third-order valence-electron chi connectivity index (χ3n) is 4.83. The number of nitrogens with one attached hydrogen (secondary N) is 2. The molecule has 0 bridgehead atoms. The zero-order valence-electron chi connectivity index (χ0n) is 14.6. The molecule has 1 aliphatic rings. The molecule has 0 amide bonds. The topological polar surface area (TPSA) is 71.2 Å². The first-order valence-corrected chi connectivity index (χ1v) is 11.4. The van der Waals surface area contributed by atoms with Gasteiger partial charge in [-0.3, -0.25) is 4.72 Å². The van der Waals surface area contributed by atoms with E-state index in [1.807, 2.05) is 36.5 Å². The minimum atomic E-state index is -3.35. The highest BCUT2D eigenvalue weighted by molar-refractivity contribution is 7.99. The van der Waals surface area contributed by atoms with Crippen LogP contribution in [0.3, 0.4) is 0 Å². The van der Waals surface area contributed by atoms with Gasteiger partial charge < -0.3 is 9.72 Å². The fraction of sp³-hybridized carbons (Fsp3) is 0.263. The van der Waals surface area contributed by atoms with Crippen LogP contribution in [0.15, 0.2) is 48.7 Å². The van der Waals surface area contributed by atoms with E-state index in [0.717, 1.165) is 40.5 Å². The summed E-state index contributed by atoms with van der Waals surface area (Å²) in [5.41, 5.74) is 3.66. The van der Waals surface area contributed by atoms with Crippen LogP contribution in [0, 0.1) is 0 Å². The molecule has 0 spiro atoms. The molecule has 4 rings (SSSR count). The first kappa shape index (κ1) is 17.3. The second kappa shape index (κ2) is 6.25. The molecule has 26 heavy (non-hydrogen) atoms. The lowest BCUT2D eigenvalue weighted by molar-refractivity contribution is 0.269. The van der Waals surface area contributed by atoms with Gasteiger partial charge in [-0.05, 0) is 24.0 Å². The summed E-state index contributed by atoms with van der Waals surface area (Å²) in [5, 5.41) is 1.02. The molecule has 0 aliphatic carbocycles. The normalized spacial score (nSPS) is 19.8. The molecule has 0 saturated heterocycles. The molecular formula is C19H20N2O3S2. The number of rotatable bonds is 4. The Balaban J connectivity index is 1.93. The van der Waals surface area contributed by atoms with Crippen molar-refractivity contribution in [1.29, 1.82) is 0 Å². The van der Waals surface area contributed by atoms with Gasteiger partial charge in [0.05, 0.1) is 28.8 Å². The number of para-hydroxylation sites is 2. The van der Waals surface area contributed by atoms with Crippen molar-refractivity contribution in [3.05, 3.63) is 59.8 Å². The van der Waals surface area contributed by atoms with Crippen molar-refractivity contribution in [2.75, 3.05) is 23.8 Å². The zero-order chi connectivity index (χ0) is 18.4. The van der Waals surface area contributed by atoms with Crippen molar-refractivity contribution in [2.24, 2.45) is 0 Å². The average Bonchev–Trinajstić information content (AvgIpc) is 3.05. The highest BCUT2D eigenvalue weighted by atomic mass is 32.2. The molecule has 2 aromatic carbocycles. The van der Waals surface area contributed by atoms with Crippen LogP contribution in [0.5, 0.6) is 5.75 Å². The molecule has 0 fully saturated rings. The van der Waals surface area contributed by atoms with Gasteiger partial charge in [-0.2, -0.15) is 0 Å². The number of thioether (sulfide) groups is 1. The van der Waals surface area contributed by atoms with Gasteiger partial charge in [-0.25, -0.2) is 8.42 Å². The summed E-state index contributed by atoms with van der Waals surface area (Å²) >= 11 is 1.79. The number of aromatic nitrogens is 1. The largest absolute Gasteiger partial charge is 0.493 e. The van der Waals surface area contributed by atoms with E-state index in [1.165, 1.54) is 0 Å². The van der Waals surface area contributed by atoms with Crippen molar-refractivity contribution in [1.82, 2.24) is 4.98 Å². The maximum atomic E-state index is 11.7. The number of sulfonamides is 1. The molecule has 2 heterocycles. The fourth-order valence-electron chi connectivity index (χ4n) is 3.74. The smallest absolute Gasteiger partial charge is 0.229 e. The third-order valence-corrected chi connectivity index (χ3v) is 6.76. The minimum Gasteiger partial charge on any atom is -0.493 e. The van der Waals surface area contributed by atoms with Gasteiger partial charge in [-0.1, -0.05) is 30.3 Å². The Hall–Kier alpha value is -2.12. The van der Waals surface area contributed by atoms with Crippen LogP contribution in [-0.2, 0) is 14.8 Å². The van der Waals surface area contributed by atoms with Crippen LogP contribution >= 0.6 is 11.8 Å².